The van der Waals surface area contributed by atoms with E-state index in [1.165, 1.54) is 6.20 Å². The molecule has 4 aromatic rings. The van der Waals surface area contributed by atoms with Crippen molar-refractivity contribution in [2.75, 3.05) is 11.9 Å². The molecule has 11 heteroatoms. The molecule has 160 valence electrons. The number of carbonyl (C=O) groups is 1. The van der Waals surface area contributed by atoms with Gasteiger partial charge in [-0.1, -0.05) is 12.1 Å². The summed E-state index contributed by atoms with van der Waals surface area (Å²) in [6.07, 6.45) is 0.101. The molecule has 0 fully saturated rings. The molecule has 3 heterocycles. The number of nitrogens with zero attached hydrogens (tertiary/aromatic N) is 4. The van der Waals surface area contributed by atoms with Gasteiger partial charge in [-0.2, -0.15) is 18.3 Å². The van der Waals surface area contributed by atoms with Gasteiger partial charge in [-0.15, -0.1) is 0 Å². The molecule has 0 aliphatic carbocycles. The fourth-order valence-corrected chi connectivity index (χ4v) is 3.22. The van der Waals surface area contributed by atoms with Crippen LogP contribution in [-0.2, 0) is 18.4 Å². The first-order valence-electron chi connectivity index (χ1n) is 9.22. The summed E-state index contributed by atoms with van der Waals surface area (Å²) in [5.41, 5.74) is 2.12. The van der Waals surface area contributed by atoms with Crippen LogP contribution in [0.5, 0.6) is 0 Å². The molecule has 2 N–H and O–H groups in total. The summed E-state index contributed by atoms with van der Waals surface area (Å²) in [6, 6.07) is 8.66. The summed E-state index contributed by atoms with van der Waals surface area (Å²) >= 11 is 0. The van der Waals surface area contributed by atoms with Gasteiger partial charge in [0.05, 0.1) is 34.7 Å². The second kappa shape index (κ2) is 7.74. The zero-order valence-electron chi connectivity index (χ0n) is 16.3. The van der Waals surface area contributed by atoms with Crippen LogP contribution in [0.3, 0.4) is 0 Å². The number of halogens is 3. The van der Waals surface area contributed by atoms with E-state index in [-0.39, 0.29) is 0 Å². The minimum absolute atomic E-state index is 0.304. The number of pyridine rings is 2. The fraction of sp³-hybridized carbons (Fsp3) is 0.200. The van der Waals surface area contributed by atoms with E-state index in [0.29, 0.717) is 22.1 Å². The molecular formula is C20H17F3N6O2. The molecule has 4 rings (SSSR count). The first kappa shape index (κ1) is 20.4. The maximum absolute atomic E-state index is 13.0. The summed E-state index contributed by atoms with van der Waals surface area (Å²) in [5, 5.41) is 9.99. The number of anilines is 2. The minimum atomic E-state index is -4.52. The zero-order valence-corrected chi connectivity index (χ0v) is 16.3. The largest absolute Gasteiger partial charge is 0.405 e. The van der Waals surface area contributed by atoms with Crippen LogP contribution in [0.25, 0.3) is 21.8 Å². The van der Waals surface area contributed by atoms with Gasteiger partial charge in [0.2, 0.25) is 5.91 Å². The van der Waals surface area contributed by atoms with Crippen LogP contribution in [0.15, 0.2) is 53.7 Å². The van der Waals surface area contributed by atoms with Gasteiger partial charge in [-0.05, 0) is 23.6 Å². The molecule has 1 amide bonds. The van der Waals surface area contributed by atoms with Crippen LogP contribution < -0.4 is 16.2 Å². The van der Waals surface area contributed by atoms with Gasteiger partial charge in [-0.25, -0.2) is 0 Å². The lowest BCUT2D eigenvalue weighted by Crippen LogP contribution is -2.37. The first-order chi connectivity index (χ1) is 14.7. The van der Waals surface area contributed by atoms with Crippen LogP contribution in [0.4, 0.5) is 24.5 Å². The number of alkyl halides is 3. The Labute approximate surface area is 173 Å². The van der Waals surface area contributed by atoms with Crippen molar-refractivity contribution < 1.29 is 18.0 Å². The van der Waals surface area contributed by atoms with E-state index in [9.17, 15) is 22.8 Å². The van der Waals surface area contributed by atoms with Crippen LogP contribution in [-0.4, -0.2) is 38.0 Å². The number of nitrogens with one attached hydrogen (secondary N) is 2. The zero-order chi connectivity index (χ0) is 22.2. The molecule has 0 saturated carbocycles. The topological polar surface area (TPSA) is 93.8 Å². The molecule has 0 saturated heterocycles. The molecule has 0 bridgehead atoms. The number of hydrogen-bond donors (Lipinski definition) is 2. The highest BCUT2D eigenvalue weighted by Gasteiger charge is 2.27. The summed E-state index contributed by atoms with van der Waals surface area (Å²) in [7, 11) is 1.79. The van der Waals surface area contributed by atoms with Gasteiger partial charge in [0.25, 0.3) is 5.56 Å². The third kappa shape index (κ3) is 4.34. The molecule has 1 aromatic carbocycles. The summed E-state index contributed by atoms with van der Waals surface area (Å²) in [5.74, 6) is -0.907. The fourth-order valence-electron chi connectivity index (χ4n) is 3.22. The average Bonchev–Trinajstić information content (AvgIpc) is 3.08. The van der Waals surface area contributed by atoms with Crippen molar-refractivity contribution in [3.05, 3.63) is 59.3 Å². The van der Waals surface area contributed by atoms with E-state index in [0.717, 1.165) is 15.6 Å². The van der Waals surface area contributed by atoms with E-state index in [2.05, 4.69) is 15.4 Å². The quantitative estimate of drug-likeness (QED) is 0.508. The first-order valence-corrected chi connectivity index (χ1v) is 9.22. The van der Waals surface area contributed by atoms with E-state index >= 15 is 0 Å². The van der Waals surface area contributed by atoms with Crippen molar-refractivity contribution in [1.82, 2.24) is 24.6 Å². The van der Waals surface area contributed by atoms with Crippen molar-refractivity contribution in [3.8, 4) is 0 Å². The standard InChI is InChI=1S/C20H17F3N6O2/c1-28-16-7-13(8-24-15(16)9-26-28)27-14-4-2-3-12-5-6-29(19(31)18(12)14)10-17(30)25-11-20(21,22)23/h2-9,27H,10-11H2,1H3,(H,25,30). The Morgan fingerprint density at radius 3 is 2.77 bits per heavy atom. The SMILES string of the molecule is Cn1ncc2ncc(Nc3cccc4ccn(CC(=O)NCC(F)(F)F)c(=O)c34)cc21. The van der Waals surface area contributed by atoms with Crippen molar-refractivity contribution >= 4 is 39.1 Å². The van der Waals surface area contributed by atoms with Crippen LogP contribution >= 0.6 is 0 Å². The van der Waals surface area contributed by atoms with Gasteiger partial charge in [-0.3, -0.25) is 19.3 Å². The number of benzene rings is 1. The van der Waals surface area contributed by atoms with Gasteiger partial charge < -0.3 is 15.2 Å². The average molecular weight is 430 g/mol. The predicted molar refractivity (Wildman–Crippen MR) is 109 cm³/mol. The Morgan fingerprint density at radius 2 is 2.00 bits per heavy atom. The summed E-state index contributed by atoms with van der Waals surface area (Å²) in [6.45, 7) is -1.98. The van der Waals surface area contributed by atoms with Crippen LogP contribution in [0.2, 0.25) is 0 Å². The van der Waals surface area contributed by atoms with E-state index in [4.69, 9.17) is 0 Å². The lowest BCUT2D eigenvalue weighted by molar-refractivity contribution is -0.138. The molecule has 0 aliphatic heterocycles. The highest BCUT2D eigenvalue weighted by molar-refractivity contribution is 5.95. The molecule has 0 unspecified atom stereocenters. The number of aromatic nitrogens is 4. The Kier molecular flexibility index (Phi) is 5.09. The van der Waals surface area contributed by atoms with Crippen molar-refractivity contribution in [1.29, 1.82) is 0 Å². The molecule has 31 heavy (non-hydrogen) atoms. The third-order valence-electron chi connectivity index (χ3n) is 4.68. The number of amides is 1. The Bertz CT molecular complexity index is 1340. The van der Waals surface area contributed by atoms with Gasteiger partial charge in [0, 0.05) is 13.2 Å². The maximum Gasteiger partial charge on any atom is 0.405 e. The summed E-state index contributed by atoms with van der Waals surface area (Å²) in [4.78, 5) is 29.2. The normalized spacial score (nSPS) is 11.7. The van der Waals surface area contributed by atoms with Gasteiger partial charge in [0.15, 0.2) is 0 Å². The van der Waals surface area contributed by atoms with Gasteiger partial charge in [0.1, 0.15) is 18.6 Å². The molecule has 3 aromatic heterocycles. The molecular weight excluding hydrogens is 413 g/mol. The summed E-state index contributed by atoms with van der Waals surface area (Å²) < 4.78 is 39.6. The maximum atomic E-state index is 13.0. The number of fused-ring (bicyclic) bond motifs is 2. The Hall–Kier alpha value is -3.89. The molecule has 0 spiro atoms. The van der Waals surface area contributed by atoms with Crippen molar-refractivity contribution in [3.63, 3.8) is 0 Å². The molecule has 0 radical (unpaired) electrons. The molecule has 8 nitrogen and oxygen atoms in total. The number of aryl methyl sites for hydroxylation is 1. The van der Waals surface area contributed by atoms with E-state index in [1.807, 2.05) is 6.07 Å². The highest BCUT2D eigenvalue weighted by atomic mass is 19.4. The lowest BCUT2D eigenvalue weighted by Gasteiger charge is -2.13. The van der Waals surface area contributed by atoms with Crippen molar-refractivity contribution in [2.24, 2.45) is 7.05 Å². The second-order valence-electron chi connectivity index (χ2n) is 6.93. The molecule has 0 aliphatic rings. The lowest BCUT2D eigenvalue weighted by atomic mass is 10.1. The smallest absolute Gasteiger partial charge is 0.354 e. The van der Waals surface area contributed by atoms with Crippen LogP contribution in [0, 0.1) is 0 Å². The van der Waals surface area contributed by atoms with Gasteiger partial charge >= 0.3 is 6.18 Å². The Morgan fingerprint density at radius 1 is 1.19 bits per heavy atom. The Balaban J connectivity index is 1.66. The number of hydrogen-bond acceptors (Lipinski definition) is 5. The number of rotatable bonds is 5. The van der Waals surface area contributed by atoms with Crippen LogP contribution in [0.1, 0.15) is 0 Å². The third-order valence-corrected chi connectivity index (χ3v) is 4.68. The highest BCUT2D eigenvalue weighted by Crippen LogP contribution is 2.25. The minimum Gasteiger partial charge on any atom is -0.354 e. The second-order valence-corrected chi connectivity index (χ2v) is 6.93. The van der Waals surface area contributed by atoms with Crippen molar-refractivity contribution in [2.45, 2.75) is 12.7 Å². The monoisotopic (exact) mass is 430 g/mol. The predicted octanol–water partition coefficient (Wildman–Crippen LogP) is 2.71. The van der Waals surface area contributed by atoms with E-state index < -0.39 is 30.7 Å². The number of carbonyl (C=O) groups excluding carboxylic acids is 1. The molecule has 0 atom stereocenters. The van der Waals surface area contributed by atoms with E-state index in [1.54, 1.807) is 53.7 Å².